The van der Waals surface area contributed by atoms with Gasteiger partial charge in [0, 0.05) is 37.9 Å². The number of rotatable bonds is 4. The SMILES string of the molecule is Cc1ccc(-c2ncc(C(=O)N3CCOCC3)c(N(C)C3CCCCC3)n2)cc1. The van der Waals surface area contributed by atoms with Gasteiger partial charge in [-0.05, 0) is 19.8 Å². The van der Waals surface area contributed by atoms with Gasteiger partial charge in [0.2, 0.25) is 0 Å². The van der Waals surface area contributed by atoms with Crippen LogP contribution in [0.15, 0.2) is 30.5 Å². The van der Waals surface area contributed by atoms with Crippen LogP contribution in [0.5, 0.6) is 0 Å². The summed E-state index contributed by atoms with van der Waals surface area (Å²) in [5.41, 5.74) is 2.77. The maximum absolute atomic E-state index is 13.3. The molecule has 1 amide bonds. The van der Waals surface area contributed by atoms with Crippen molar-refractivity contribution >= 4 is 11.7 Å². The van der Waals surface area contributed by atoms with Crippen molar-refractivity contribution in [2.24, 2.45) is 0 Å². The molecule has 1 aliphatic carbocycles. The van der Waals surface area contributed by atoms with Crippen LogP contribution < -0.4 is 4.90 Å². The molecule has 2 aliphatic rings. The minimum absolute atomic E-state index is 0.00131. The van der Waals surface area contributed by atoms with Crippen molar-refractivity contribution in [3.8, 4) is 11.4 Å². The van der Waals surface area contributed by atoms with Crippen LogP contribution in [-0.4, -0.2) is 60.2 Å². The Labute approximate surface area is 172 Å². The Kier molecular flexibility index (Phi) is 6.09. The number of hydrogen-bond acceptors (Lipinski definition) is 5. The molecular formula is C23H30N4O2. The highest BCUT2D eigenvalue weighted by atomic mass is 16.5. The van der Waals surface area contributed by atoms with E-state index in [9.17, 15) is 4.79 Å². The average molecular weight is 395 g/mol. The van der Waals surface area contributed by atoms with Gasteiger partial charge in [0.25, 0.3) is 5.91 Å². The second-order valence-corrected chi connectivity index (χ2v) is 8.10. The summed E-state index contributed by atoms with van der Waals surface area (Å²) in [4.78, 5) is 26.8. The van der Waals surface area contributed by atoms with Crippen molar-refractivity contribution in [3.05, 3.63) is 41.6 Å². The predicted molar refractivity (Wildman–Crippen MR) is 114 cm³/mol. The van der Waals surface area contributed by atoms with Crippen LogP contribution in [0, 0.1) is 6.92 Å². The van der Waals surface area contributed by atoms with E-state index in [1.807, 2.05) is 17.0 Å². The van der Waals surface area contributed by atoms with Crippen LogP contribution in [0.1, 0.15) is 48.0 Å². The van der Waals surface area contributed by atoms with E-state index in [1.165, 1.54) is 24.8 Å². The zero-order chi connectivity index (χ0) is 20.2. The molecule has 0 bridgehead atoms. The lowest BCUT2D eigenvalue weighted by atomic mass is 9.94. The number of aryl methyl sites for hydroxylation is 1. The van der Waals surface area contributed by atoms with E-state index in [-0.39, 0.29) is 5.91 Å². The van der Waals surface area contributed by atoms with E-state index in [2.05, 4.69) is 36.0 Å². The number of morpholine rings is 1. The van der Waals surface area contributed by atoms with Crippen LogP contribution in [0.25, 0.3) is 11.4 Å². The first-order valence-electron chi connectivity index (χ1n) is 10.7. The van der Waals surface area contributed by atoms with E-state index in [0.717, 1.165) is 24.2 Å². The summed E-state index contributed by atoms with van der Waals surface area (Å²) in [6.45, 7) is 4.47. The monoisotopic (exact) mass is 394 g/mol. The Morgan fingerprint density at radius 3 is 2.48 bits per heavy atom. The molecule has 1 aromatic carbocycles. The molecule has 2 aromatic rings. The zero-order valence-electron chi connectivity index (χ0n) is 17.4. The molecule has 0 N–H and O–H groups in total. The number of aromatic nitrogens is 2. The second kappa shape index (κ2) is 8.91. The smallest absolute Gasteiger partial charge is 0.259 e. The lowest BCUT2D eigenvalue weighted by molar-refractivity contribution is 0.0302. The van der Waals surface area contributed by atoms with Gasteiger partial charge in [-0.1, -0.05) is 49.1 Å². The van der Waals surface area contributed by atoms with Gasteiger partial charge < -0.3 is 14.5 Å². The standard InChI is InChI=1S/C23H30N4O2/c1-17-8-10-18(11-9-17)21-24-16-20(23(28)27-12-14-29-15-13-27)22(25-21)26(2)19-6-4-3-5-7-19/h8-11,16,19H,3-7,12-15H2,1-2H3. The van der Waals surface area contributed by atoms with E-state index in [1.54, 1.807) is 6.20 Å². The third-order valence-corrected chi connectivity index (χ3v) is 6.06. The number of benzene rings is 1. The number of carbonyl (C=O) groups excluding carboxylic acids is 1. The van der Waals surface area contributed by atoms with Crippen molar-refractivity contribution in [3.63, 3.8) is 0 Å². The Morgan fingerprint density at radius 1 is 1.10 bits per heavy atom. The zero-order valence-corrected chi connectivity index (χ0v) is 17.4. The van der Waals surface area contributed by atoms with Gasteiger partial charge in [-0.2, -0.15) is 0 Å². The van der Waals surface area contributed by atoms with Crippen molar-refractivity contribution in [2.45, 2.75) is 45.1 Å². The first kappa shape index (κ1) is 19.8. The van der Waals surface area contributed by atoms with Gasteiger partial charge in [0.05, 0.1) is 13.2 Å². The molecule has 6 heteroatoms. The number of nitrogens with zero attached hydrogens (tertiary/aromatic N) is 4. The fourth-order valence-electron chi connectivity index (χ4n) is 4.21. The van der Waals surface area contributed by atoms with Crippen molar-refractivity contribution in [2.75, 3.05) is 38.3 Å². The molecular weight excluding hydrogens is 364 g/mol. The summed E-state index contributed by atoms with van der Waals surface area (Å²) in [5.74, 6) is 1.42. The van der Waals surface area contributed by atoms with Crippen molar-refractivity contribution < 1.29 is 9.53 Å². The number of ether oxygens (including phenoxy) is 1. The predicted octanol–water partition coefficient (Wildman–Crippen LogP) is 3.69. The van der Waals surface area contributed by atoms with Gasteiger partial charge >= 0.3 is 0 Å². The molecule has 154 valence electrons. The summed E-state index contributed by atoms with van der Waals surface area (Å²) in [5, 5.41) is 0. The second-order valence-electron chi connectivity index (χ2n) is 8.10. The molecule has 1 saturated heterocycles. The molecule has 6 nitrogen and oxygen atoms in total. The molecule has 1 saturated carbocycles. The van der Waals surface area contributed by atoms with Gasteiger partial charge in [0.1, 0.15) is 11.4 Å². The maximum Gasteiger partial charge on any atom is 0.259 e. The first-order chi connectivity index (χ1) is 14.1. The molecule has 1 aromatic heterocycles. The molecule has 1 aliphatic heterocycles. The summed E-state index contributed by atoms with van der Waals surface area (Å²) in [6, 6.07) is 8.63. The normalized spacial score (nSPS) is 17.9. The fourth-order valence-corrected chi connectivity index (χ4v) is 4.21. The molecule has 2 fully saturated rings. The number of carbonyl (C=O) groups is 1. The maximum atomic E-state index is 13.3. The number of amides is 1. The summed E-state index contributed by atoms with van der Waals surface area (Å²) in [7, 11) is 2.08. The van der Waals surface area contributed by atoms with E-state index in [0.29, 0.717) is 43.7 Å². The fraction of sp³-hybridized carbons (Fsp3) is 0.522. The highest BCUT2D eigenvalue weighted by molar-refractivity contribution is 5.99. The third kappa shape index (κ3) is 4.42. The van der Waals surface area contributed by atoms with E-state index >= 15 is 0 Å². The molecule has 0 spiro atoms. The Bertz CT molecular complexity index is 840. The van der Waals surface area contributed by atoms with Crippen molar-refractivity contribution in [1.82, 2.24) is 14.9 Å². The molecule has 29 heavy (non-hydrogen) atoms. The molecule has 0 atom stereocenters. The third-order valence-electron chi connectivity index (χ3n) is 6.06. The average Bonchev–Trinajstić information content (AvgIpc) is 2.79. The summed E-state index contributed by atoms with van der Waals surface area (Å²) < 4.78 is 5.41. The van der Waals surface area contributed by atoms with Crippen LogP contribution in [0.2, 0.25) is 0 Å². The Morgan fingerprint density at radius 2 is 1.79 bits per heavy atom. The minimum atomic E-state index is 0.00131. The Balaban J connectivity index is 1.70. The first-order valence-corrected chi connectivity index (χ1v) is 10.7. The van der Waals surface area contributed by atoms with Gasteiger partial charge in [-0.15, -0.1) is 0 Å². The molecule has 2 heterocycles. The quantitative estimate of drug-likeness (QED) is 0.791. The topological polar surface area (TPSA) is 58.6 Å². The minimum Gasteiger partial charge on any atom is -0.378 e. The van der Waals surface area contributed by atoms with Gasteiger partial charge in [-0.25, -0.2) is 9.97 Å². The van der Waals surface area contributed by atoms with Crippen LogP contribution >= 0.6 is 0 Å². The summed E-state index contributed by atoms with van der Waals surface area (Å²) >= 11 is 0. The lowest BCUT2D eigenvalue weighted by Crippen LogP contribution is -2.42. The van der Waals surface area contributed by atoms with E-state index < -0.39 is 0 Å². The van der Waals surface area contributed by atoms with Gasteiger partial charge in [0.15, 0.2) is 5.82 Å². The highest BCUT2D eigenvalue weighted by Gasteiger charge is 2.28. The van der Waals surface area contributed by atoms with E-state index in [4.69, 9.17) is 9.72 Å². The van der Waals surface area contributed by atoms with Crippen LogP contribution in [0.4, 0.5) is 5.82 Å². The number of hydrogen-bond donors (Lipinski definition) is 0. The van der Waals surface area contributed by atoms with Gasteiger partial charge in [-0.3, -0.25) is 4.79 Å². The highest BCUT2D eigenvalue weighted by Crippen LogP contribution is 2.29. The lowest BCUT2D eigenvalue weighted by Gasteiger charge is -2.34. The molecule has 0 radical (unpaired) electrons. The summed E-state index contributed by atoms with van der Waals surface area (Å²) in [6.07, 6.45) is 7.77. The Hall–Kier alpha value is -2.47. The van der Waals surface area contributed by atoms with Crippen LogP contribution in [0.3, 0.4) is 0 Å². The van der Waals surface area contributed by atoms with Crippen molar-refractivity contribution in [1.29, 1.82) is 0 Å². The number of anilines is 1. The molecule has 4 rings (SSSR count). The van der Waals surface area contributed by atoms with Crippen LogP contribution in [-0.2, 0) is 4.74 Å². The molecule has 0 unspecified atom stereocenters. The largest absolute Gasteiger partial charge is 0.378 e.